The molecular weight excluding hydrogens is 224 g/mol. The van der Waals surface area contributed by atoms with Crippen molar-refractivity contribution in [1.29, 1.82) is 0 Å². The van der Waals surface area contributed by atoms with Crippen LogP contribution in [-0.4, -0.2) is 17.0 Å². The van der Waals surface area contributed by atoms with E-state index in [0.717, 1.165) is 19.4 Å². The molecule has 0 spiro atoms. The van der Waals surface area contributed by atoms with E-state index in [0.29, 0.717) is 6.54 Å². The summed E-state index contributed by atoms with van der Waals surface area (Å²) in [6.07, 6.45) is 5.76. The van der Waals surface area contributed by atoms with Crippen LogP contribution < -0.4 is 5.32 Å². The number of rotatable bonds is 6. The van der Waals surface area contributed by atoms with E-state index >= 15 is 0 Å². The van der Waals surface area contributed by atoms with Crippen LogP contribution in [0.25, 0.3) is 0 Å². The van der Waals surface area contributed by atoms with Gasteiger partial charge in [0, 0.05) is 18.9 Å². The van der Waals surface area contributed by atoms with Gasteiger partial charge in [0.15, 0.2) is 0 Å². The third-order valence-electron chi connectivity index (χ3n) is 2.80. The van der Waals surface area contributed by atoms with E-state index in [1.165, 1.54) is 5.56 Å². The van der Waals surface area contributed by atoms with E-state index in [9.17, 15) is 4.79 Å². The number of carbonyl (C=O) groups is 1. The van der Waals surface area contributed by atoms with Gasteiger partial charge in [-0.3, -0.25) is 4.79 Å². The number of amides is 1. The van der Waals surface area contributed by atoms with Crippen molar-refractivity contribution in [2.45, 2.75) is 19.4 Å². The zero-order chi connectivity index (χ0) is 12.6. The number of nitrogens with zero attached hydrogens (tertiary/aromatic N) is 1. The molecule has 0 fully saturated rings. The predicted molar refractivity (Wildman–Crippen MR) is 72.2 cm³/mol. The average Bonchev–Trinajstić information content (AvgIpc) is 2.89. The summed E-state index contributed by atoms with van der Waals surface area (Å²) < 4.78 is 1.87. The van der Waals surface area contributed by atoms with Gasteiger partial charge in [0.2, 0.25) is 5.91 Å². The number of benzene rings is 1. The average molecular weight is 242 g/mol. The molecule has 0 aliphatic heterocycles. The molecule has 3 heteroatoms. The van der Waals surface area contributed by atoms with E-state index in [1.807, 2.05) is 47.3 Å². The summed E-state index contributed by atoms with van der Waals surface area (Å²) in [6.45, 7) is 1.13. The highest BCUT2D eigenvalue weighted by molar-refractivity contribution is 5.75. The second-order valence-corrected chi connectivity index (χ2v) is 4.29. The fraction of sp³-hybridized carbons (Fsp3) is 0.267. The van der Waals surface area contributed by atoms with Gasteiger partial charge in [0.1, 0.15) is 6.54 Å². The maximum Gasteiger partial charge on any atom is 0.239 e. The van der Waals surface area contributed by atoms with Crippen molar-refractivity contribution in [1.82, 2.24) is 9.88 Å². The van der Waals surface area contributed by atoms with Crippen molar-refractivity contribution in [3.8, 4) is 0 Å². The Morgan fingerprint density at radius 2 is 1.78 bits per heavy atom. The van der Waals surface area contributed by atoms with Crippen LogP contribution in [0.2, 0.25) is 0 Å². The summed E-state index contributed by atoms with van der Waals surface area (Å²) in [5, 5.41) is 2.93. The molecule has 0 unspecified atom stereocenters. The molecule has 1 aromatic heterocycles. The summed E-state index contributed by atoms with van der Waals surface area (Å²) in [6, 6.07) is 14.2. The van der Waals surface area contributed by atoms with Gasteiger partial charge in [0.25, 0.3) is 0 Å². The fourth-order valence-corrected chi connectivity index (χ4v) is 1.86. The molecule has 0 aliphatic carbocycles. The van der Waals surface area contributed by atoms with Gasteiger partial charge in [-0.25, -0.2) is 0 Å². The van der Waals surface area contributed by atoms with Crippen molar-refractivity contribution in [2.75, 3.05) is 6.54 Å². The van der Waals surface area contributed by atoms with E-state index < -0.39 is 0 Å². The number of aromatic nitrogens is 1. The standard InChI is InChI=1S/C15H18N2O/c18-15(13-17-11-4-5-12-17)16-10-6-9-14-7-2-1-3-8-14/h1-5,7-8,11-12H,6,9-10,13H2,(H,16,18). The first-order chi connectivity index (χ1) is 8.84. The lowest BCUT2D eigenvalue weighted by Gasteiger charge is -2.06. The lowest BCUT2D eigenvalue weighted by Crippen LogP contribution is -2.28. The van der Waals surface area contributed by atoms with E-state index in [2.05, 4.69) is 17.4 Å². The Bertz CT molecular complexity index is 463. The van der Waals surface area contributed by atoms with E-state index in [-0.39, 0.29) is 5.91 Å². The Hall–Kier alpha value is -2.03. The molecule has 1 N–H and O–H groups in total. The summed E-state index contributed by atoms with van der Waals surface area (Å²) in [7, 11) is 0. The van der Waals surface area contributed by atoms with Crippen molar-refractivity contribution >= 4 is 5.91 Å². The van der Waals surface area contributed by atoms with Crippen LogP contribution in [0.4, 0.5) is 0 Å². The highest BCUT2D eigenvalue weighted by atomic mass is 16.1. The Morgan fingerprint density at radius 3 is 2.50 bits per heavy atom. The third-order valence-corrected chi connectivity index (χ3v) is 2.80. The van der Waals surface area contributed by atoms with Crippen LogP contribution in [0.5, 0.6) is 0 Å². The van der Waals surface area contributed by atoms with Crippen LogP contribution >= 0.6 is 0 Å². The van der Waals surface area contributed by atoms with Crippen molar-refractivity contribution in [2.24, 2.45) is 0 Å². The second-order valence-electron chi connectivity index (χ2n) is 4.29. The van der Waals surface area contributed by atoms with Crippen LogP contribution in [0, 0.1) is 0 Å². The van der Waals surface area contributed by atoms with Crippen LogP contribution in [-0.2, 0) is 17.8 Å². The molecule has 1 heterocycles. The summed E-state index contributed by atoms with van der Waals surface area (Å²) >= 11 is 0. The van der Waals surface area contributed by atoms with Gasteiger partial charge in [-0.2, -0.15) is 0 Å². The minimum absolute atomic E-state index is 0.0688. The van der Waals surface area contributed by atoms with Gasteiger partial charge in [-0.15, -0.1) is 0 Å². The Morgan fingerprint density at radius 1 is 1.06 bits per heavy atom. The second kappa shape index (κ2) is 6.64. The third kappa shape index (κ3) is 4.09. The SMILES string of the molecule is O=C(Cn1cccc1)NCCCc1ccccc1. The molecule has 2 rings (SSSR count). The lowest BCUT2D eigenvalue weighted by atomic mass is 10.1. The molecule has 0 aliphatic rings. The Kier molecular flexibility index (Phi) is 4.59. The quantitative estimate of drug-likeness (QED) is 0.774. The molecule has 0 bridgehead atoms. The van der Waals surface area contributed by atoms with Gasteiger partial charge >= 0.3 is 0 Å². The first-order valence-corrected chi connectivity index (χ1v) is 6.26. The Balaban J connectivity index is 1.62. The lowest BCUT2D eigenvalue weighted by molar-refractivity contribution is -0.121. The monoisotopic (exact) mass is 242 g/mol. The molecule has 0 atom stereocenters. The highest BCUT2D eigenvalue weighted by Crippen LogP contribution is 2.01. The molecule has 1 aromatic carbocycles. The van der Waals surface area contributed by atoms with Crippen LogP contribution in [0.15, 0.2) is 54.9 Å². The van der Waals surface area contributed by atoms with Gasteiger partial charge < -0.3 is 9.88 Å². The maximum absolute atomic E-state index is 11.6. The van der Waals surface area contributed by atoms with Crippen molar-refractivity contribution in [3.05, 3.63) is 60.4 Å². The van der Waals surface area contributed by atoms with E-state index in [4.69, 9.17) is 0 Å². The molecule has 3 nitrogen and oxygen atoms in total. The first-order valence-electron chi connectivity index (χ1n) is 6.26. The molecule has 1 amide bonds. The number of carbonyl (C=O) groups excluding carboxylic acids is 1. The van der Waals surface area contributed by atoms with Gasteiger partial charge in [-0.05, 0) is 30.5 Å². The highest BCUT2D eigenvalue weighted by Gasteiger charge is 2.00. The van der Waals surface area contributed by atoms with Crippen LogP contribution in [0.1, 0.15) is 12.0 Å². The Labute approximate surface area is 107 Å². The normalized spacial score (nSPS) is 10.2. The molecule has 0 saturated carbocycles. The van der Waals surface area contributed by atoms with Gasteiger partial charge in [0.05, 0.1) is 0 Å². The topological polar surface area (TPSA) is 34.0 Å². The minimum Gasteiger partial charge on any atom is -0.355 e. The summed E-state index contributed by atoms with van der Waals surface area (Å²) in [4.78, 5) is 11.6. The summed E-state index contributed by atoms with van der Waals surface area (Å²) in [5.74, 6) is 0.0688. The molecular formula is C15H18N2O. The fourth-order valence-electron chi connectivity index (χ4n) is 1.86. The number of nitrogens with one attached hydrogen (secondary N) is 1. The maximum atomic E-state index is 11.6. The predicted octanol–water partition coefficient (Wildman–Crippen LogP) is 2.24. The molecule has 0 radical (unpaired) electrons. The minimum atomic E-state index is 0.0688. The van der Waals surface area contributed by atoms with Gasteiger partial charge in [-0.1, -0.05) is 30.3 Å². The smallest absolute Gasteiger partial charge is 0.239 e. The molecule has 94 valence electrons. The van der Waals surface area contributed by atoms with E-state index in [1.54, 1.807) is 0 Å². The molecule has 2 aromatic rings. The van der Waals surface area contributed by atoms with Crippen molar-refractivity contribution in [3.63, 3.8) is 0 Å². The molecule has 18 heavy (non-hydrogen) atoms. The number of hydrogen-bond donors (Lipinski definition) is 1. The molecule has 0 saturated heterocycles. The largest absolute Gasteiger partial charge is 0.355 e. The zero-order valence-electron chi connectivity index (χ0n) is 10.4. The zero-order valence-corrected chi connectivity index (χ0v) is 10.4. The van der Waals surface area contributed by atoms with Crippen LogP contribution in [0.3, 0.4) is 0 Å². The number of aryl methyl sites for hydroxylation is 1. The first kappa shape index (κ1) is 12.4. The summed E-state index contributed by atoms with van der Waals surface area (Å²) in [5.41, 5.74) is 1.32. The number of hydrogen-bond acceptors (Lipinski definition) is 1. The van der Waals surface area contributed by atoms with Crippen molar-refractivity contribution < 1.29 is 4.79 Å².